The van der Waals surface area contributed by atoms with Gasteiger partial charge in [0.15, 0.2) is 0 Å². The first-order valence-electron chi connectivity index (χ1n) is 7.18. The van der Waals surface area contributed by atoms with Crippen molar-refractivity contribution in [3.05, 3.63) is 47.5 Å². The molecule has 1 aliphatic heterocycles. The summed E-state index contributed by atoms with van der Waals surface area (Å²) >= 11 is 0. The zero-order valence-electron chi connectivity index (χ0n) is 12.2. The van der Waals surface area contributed by atoms with Crippen LogP contribution in [-0.4, -0.2) is 44.3 Å². The Labute approximate surface area is 124 Å². The number of esters is 1. The molecule has 110 valence electrons. The zero-order chi connectivity index (χ0) is 14.7. The molecule has 1 heterocycles. The van der Waals surface area contributed by atoms with E-state index < -0.39 is 0 Å². The standard InChI is InChI=1S/C17H19NO3/c1-20-17(19)16-11-13(12-18-7-9-21-10-8-18)14-5-3-2-4-6-15(14)16/h2-6,11H,7-10,12H2,1H3. The van der Waals surface area contributed by atoms with Crippen molar-refractivity contribution in [2.24, 2.45) is 0 Å². The van der Waals surface area contributed by atoms with Crippen molar-refractivity contribution in [3.63, 3.8) is 0 Å². The first-order valence-corrected chi connectivity index (χ1v) is 7.18. The number of nitrogens with zero attached hydrogens (tertiary/aromatic N) is 1. The molecule has 0 spiro atoms. The lowest BCUT2D eigenvalue weighted by Crippen LogP contribution is -2.35. The molecule has 0 N–H and O–H groups in total. The maximum absolute atomic E-state index is 12.0. The molecule has 0 saturated carbocycles. The molecular formula is C17H19NO3. The summed E-state index contributed by atoms with van der Waals surface area (Å²) in [6.07, 6.45) is 0. The van der Waals surface area contributed by atoms with Gasteiger partial charge in [-0.3, -0.25) is 4.90 Å². The van der Waals surface area contributed by atoms with E-state index in [9.17, 15) is 4.79 Å². The third-order valence-corrected chi connectivity index (χ3v) is 3.90. The molecule has 3 rings (SSSR count). The quantitative estimate of drug-likeness (QED) is 0.812. The van der Waals surface area contributed by atoms with Crippen LogP contribution in [0.1, 0.15) is 15.9 Å². The average molecular weight is 285 g/mol. The zero-order valence-corrected chi connectivity index (χ0v) is 12.2. The summed E-state index contributed by atoms with van der Waals surface area (Å²) in [5.41, 5.74) is 3.89. The average Bonchev–Trinajstić information content (AvgIpc) is 2.71. The number of ether oxygens (including phenoxy) is 2. The van der Waals surface area contributed by atoms with Crippen LogP contribution in [0.2, 0.25) is 0 Å². The monoisotopic (exact) mass is 285 g/mol. The van der Waals surface area contributed by atoms with Crippen LogP contribution in [-0.2, 0) is 16.0 Å². The Morgan fingerprint density at radius 3 is 2.62 bits per heavy atom. The summed E-state index contributed by atoms with van der Waals surface area (Å²) in [5, 5.41) is 0. The second-order valence-electron chi connectivity index (χ2n) is 5.20. The van der Waals surface area contributed by atoms with E-state index in [1.807, 2.05) is 30.3 Å². The molecule has 0 radical (unpaired) electrons. The van der Waals surface area contributed by atoms with E-state index in [0.717, 1.165) is 44.0 Å². The lowest BCUT2D eigenvalue weighted by Gasteiger charge is -2.26. The minimum atomic E-state index is -0.278. The Kier molecular flexibility index (Phi) is 4.18. The number of carbonyl (C=O) groups is 1. The number of carbonyl (C=O) groups excluding carboxylic acids is 1. The van der Waals surface area contributed by atoms with E-state index in [1.54, 1.807) is 0 Å². The van der Waals surface area contributed by atoms with Crippen molar-refractivity contribution in [3.8, 4) is 11.1 Å². The van der Waals surface area contributed by atoms with Crippen molar-refractivity contribution in [2.45, 2.75) is 6.54 Å². The van der Waals surface area contributed by atoms with E-state index >= 15 is 0 Å². The number of morpholine rings is 1. The van der Waals surface area contributed by atoms with Crippen LogP contribution in [0.4, 0.5) is 0 Å². The second kappa shape index (κ2) is 6.24. The van der Waals surface area contributed by atoms with Crippen LogP contribution in [0, 0.1) is 0 Å². The smallest absolute Gasteiger partial charge is 0.338 e. The van der Waals surface area contributed by atoms with Gasteiger partial charge >= 0.3 is 5.97 Å². The summed E-state index contributed by atoms with van der Waals surface area (Å²) in [6, 6.07) is 11.9. The molecule has 0 unspecified atom stereocenters. The minimum Gasteiger partial charge on any atom is -0.465 e. The Bertz CT molecular complexity index is 605. The molecule has 21 heavy (non-hydrogen) atoms. The van der Waals surface area contributed by atoms with Crippen molar-refractivity contribution < 1.29 is 14.3 Å². The fourth-order valence-electron chi connectivity index (χ4n) is 2.80. The number of rotatable bonds is 3. The number of methoxy groups -OCH3 is 1. The van der Waals surface area contributed by atoms with E-state index in [-0.39, 0.29) is 5.97 Å². The summed E-state index contributed by atoms with van der Waals surface area (Å²) in [5.74, 6) is -0.278. The molecule has 0 aromatic rings. The van der Waals surface area contributed by atoms with Crippen LogP contribution in [0.5, 0.6) is 0 Å². The maximum atomic E-state index is 12.0. The van der Waals surface area contributed by atoms with Crippen LogP contribution < -0.4 is 0 Å². The predicted molar refractivity (Wildman–Crippen MR) is 80.5 cm³/mol. The van der Waals surface area contributed by atoms with Crippen molar-refractivity contribution in [1.82, 2.24) is 4.90 Å². The van der Waals surface area contributed by atoms with Gasteiger partial charge in [-0.15, -0.1) is 0 Å². The molecule has 0 aromatic carbocycles. The predicted octanol–water partition coefficient (Wildman–Crippen LogP) is 2.41. The Hall–Kier alpha value is -1.91. The van der Waals surface area contributed by atoms with Gasteiger partial charge in [0.25, 0.3) is 0 Å². The molecular weight excluding hydrogens is 266 g/mol. The normalized spacial score (nSPS) is 16.0. The van der Waals surface area contributed by atoms with Crippen molar-refractivity contribution in [2.75, 3.05) is 33.4 Å². The molecule has 2 aliphatic carbocycles. The highest BCUT2D eigenvalue weighted by molar-refractivity contribution is 6.00. The Morgan fingerprint density at radius 2 is 1.90 bits per heavy atom. The van der Waals surface area contributed by atoms with Gasteiger partial charge in [-0.1, -0.05) is 30.3 Å². The maximum Gasteiger partial charge on any atom is 0.338 e. The molecule has 4 nitrogen and oxygen atoms in total. The lowest BCUT2D eigenvalue weighted by atomic mass is 10.1. The SMILES string of the molecule is COC(=O)c1cc(CN2CCOCC2)c2cccccc1-2. The third-order valence-electron chi connectivity index (χ3n) is 3.90. The highest BCUT2D eigenvalue weighted by Crippen LogP contribution is 2.33. The summed E-state index contributed by atoms with van der Waals surface area (Å²) < 4.78 is 10.3. The molecule has 0 bridgehead atoms. The van der Waals surface area contributed by atoms with E-state index in [2.05, 4.69) is 11.0 Å². The van der Waals surface area contributed by atoms with Gasteiger partial charge < -0.3 is 9.47 Å². The van der Waals surface area contributed by atoms with Crippen LogP contribution in [0.25, 0.3) is 11.1 Å². The van der Waals surface area contributed by atoms with Crippen molar-refractivity contribution >= 4 is 5.97 Å². The van der Waals surface area contributed by atoms with Crippen LogP contribution >= 0.6 is 0 Å². The lowest BCUT2D eigenvalue weighted by molar-refractivity contribution is 0.0342. The van der Waals surface area contributed by atoms with Gasteiger partial charge in [-0.25, -0.2) is 4.79 Å². The minimum absolute atomic E-state index is 0.278. The summed E-state index contributed by atoms with van der Waals surface area (Å²) in [6.45, 7) is 4.24. The molecule has 0 aromatic heterocycles. The largest absolute Gasteiger partial charge is 0.465 e. The van der Waals surface area contributed by atoms with Crippen LogP contribution in [0.3, 0.4) is 0 Å². The topological polar surface area (TPSA) is 38.8 Å². The van der Waals surface area contributed by atoms with Crippen LogP contribution in [0.15, 0.2) is 36.4 Å². The summed E-state index contributed by atoms with van der Waals surface area (Å²) in [7, 11) is 1.42. The molecule has 1 fully saturated rings. The fourth-order valence-corrected chi connectivity index (χ4v) is 2.80. The molecule has 0 atom stereocenters. The van der Waals surface area contributed by atoms with Gasteiger partial charge in [0.1, 0.15) is 0 Å². The second-order valence-corrected chi connectivity index (χ2v) is 5.20. The van der Waals surface area contributed by atoms with Gasteiger partial charge in [-0.2, -0.15) is 0 Å². The number of fused-ring (bicyclic) bond motifs is 1. The molecule has 3 aliphatic rings. The first kappa shape index (κ1) is 14.0. The van der Waals surface area contributed by atoms with Gasteiger partial charge in [0.2, 0.25) is 0 Å². The van der Waals surface area contributed by atoms with Crippen molar-refractivity contribution in [1.29, 1.82) is 0 Å². The van der Waals surface area contributed by atoms with Gasteiger partial charge in [0, 0.05) is 19.6 Å². The van der Waals surface area contributed by atoms with Gasteiger partial charge in [-0.05, 0) is 22.8 Å². The molecule has 4 heteroatoms. The van der Waals surface area contributed by atoms with Gasteiger partial charge in [0.05, 0.1) is 25.9 Å². The van der Waals surface area contributed by atoms with E-state index in [1.165, 1.54) is 12.7 Å². The van der Waals surface area contributed by atoms with E-state index in [0.29, 0.717) is 5.56 Å². The number of hydrogen-bond acceptors (Lipinski definition) is 4. The fraction of sp³-hybridized carbons (Fsp3) is 0.353. The molecule has 0 amide bonds. The Balaban J connectivity index is 1.96. The first-order chi connectivity index (χ1) is 10.3. The third kappa shape index (κ3) is 2.91. The number of hydrogen-bond donors (Lipinski definition) is 0. The van der Waals surface area contributed by atoms with E-state index in [4.69, 9.17) is 9.47 Å². The highest BCUT2D eigenvalue weighted by Gasteiger charge is 2.22. The summed E-state index contributed by atoms with van der Waals surface area (Å²) in [4.78, 5) is 14.3. The molecule has 1 saturated heterocycles. The highest BCUT2D eigenvalue weighted by atomic mass is 16.5. The Morgan fingerprint density at radius 1 is 1.19 bits per heavy atom.